The van der Waals surface area contributed by atoms with Gasteiger partial charge in [-0.15, -0.1) is 0 Å². The van der Waals surface area contributed by atoms with E-state index in [1.807, 2.05) is 0 Å². The molecule has 1 heterocycles. The molecule has 4 nitrogen and oxygen atoms in total. The Bertz CT molecular complexity index is 512. The van der Waals surface area contributed by atoms with Crippen molar-refractivity contribution >= 4 is 21.9 Å². The molecule has 1 aromatic rings. The Morgan fingerprint density at radius 2 is 2.12 bits per heavy atom. The highest BCUT2D eigenvalue weighted by atomic mass is 79.9. The average Bonchev–Trinajstić information content (AvgIpc) is 2.14. The molecule has 0 spiro atoms. The van der Waals surface area contributed by atoms with Gasteiger partial charge in [0.15, 0.2) is 0 Å². The van der Waals surface area contributed by atoms with Gasteiger partial charge in [0.25, 0.3) is 5.56 Å². The maximum Gasteiger partial charge on any atom is 0.432 e. The maximum atomic E-state index is 12.5. The Kier molecular flexibility index (Phi) is 3.59. The molecule has 8 heteroatoms. The fraction of sp³-hybridized carbons (Fsp3) is 0.250. The van der Waals surface area contributed by atoms with E-state index >= 15 is 0 Å². The zero-order valence-electron chi connectivity index (χ0n) is 7.65. The lowest BCUT2D eigenvalue weighted by Crippen LogP contribution is -2.23. The smallest absolute Gasteiger partial charge is 0.369 e. The fourth-order valence-corrected chi connectivity index (χ4v) is 1.08. The molecule has 0 aliphatic heterocycles. The molecule has 0 aliphatic rings. The largest absolute Gasteiger partial charge is 0.432 e. The predicted octanol–water partition coefficient (Wildman–Crippen LogP) is 1.12. The number of aromatic nitrogens is 2. The number of alkyl halides is 4. The van der Waals surface area contributed by atoms with Gasteiger partial charge in [0.1, 0.15) is 11.3 Å². The second-order valence-corrected chi connectivity index (χ2v) is 3.17. The van der Waals surface area contributed by atoms with E-state index in [-0.39, 0.29) is 5.33 Å². The number of hydrogen-bond donors (Lipinski definition) is 2. The van der Waals surface area contributed by atoms with Gasteiger partial charge in [-0.1, -0.05) is 27.8 Å². The first-order valence-electron chi connectivity index (χ1n) is 3.88. The molecule has 86 valence electrons. The van der Waals surface area contributed by atoms with Gasteiger partial charge in [0.05, 0.1) is 5.33 Å². The van der Waals surface area contributed by atoms with E-state index in [2.05, 4.69) is 32.8 Å². The lowest BCUT2D eigenvalue weighted by atomic mass is 10.2. The highest BCUT2D eigenvalue weighted by Gasteiger charge is 2.36. The van der Waals surface area contributed by atoms with Gasteiger partial charge < -0.3 is 10.7 Å². The van der Waals surface area contributed by atoms with Gasteiger partial charge in [-0.25, -0.2) is 0 Å². The van der Waals surface area contributed by atoms with E-state index in [4.69, 9.17) is 5.73 Å². The Hall–Kier alpha value is -1.49. The van der Waals surface area contributed by atoms with Crippen LogP contribution in [0.2, 0.25) is 0 Å². The van der Waals surface area contributed by atoms with E-state index in [1.165, 1.54) is 0 Å². The average molecular weight is 296 g/mol. The van der Waals surface area contributed by atoms with Crippen molar-refractivity contribution in [3.05, 3.63) is 21.6 Å². The Morgan fingerprint density at radius 3 is 2.62 bits per heavy atom. The number of halogens is 4. The summed E-state index contributed by atoms with van der Waals surface area (Å²) >= 11 is 2.91. The van der Waals surface area contributed by atoms with Crippen LogP contribution in [0.15, 0.2) is 4.79 Å². The minimum atomic E-state index is -4.73. The van der Waals surface area contributed by atoms with Gasteiger partial charge in [-0.05, 0) is 0 Å². The molecular formula is C8H5BrF3N3O. The Balaban J connectivity index is 3.51. The van der Waals surface area contributed by atoms with Gasteiger partial charge >= 0.3 is 6.18 Å². The normalized spacial score (nSPS) is 10.8. The molecule has 0 bridgehead atoms. The molecule has 0 amide bonds. The standard InChI is InChI=1S/C8H5BrF3N3O/c9-3-1-2-4-5(8(10,11)12)14-7(13)15-6(4)16/h3H2,(H3,13,14,15,16). The van der Waals surface area contributed by atoms with E-state index in [0.29, 0.717) is 0 Å². The zero-order chi connectivity index (χ0) is 12.3. The molecule has 0 aromatic carbocycles. The Labute approximate surface area is 96.2 Å². The predicted molar refractivity (Wildman–Crippen MR) is 54.9 cm³/mol. The van der Waals surface area contributed by atoms with Crippen LogP contribution in [0.5, 0.6) is 0 Å². The second kappa shape index (κ2) is 4.57. The van der Waals surface area contributed by atoms with Crippen molar-refractivity contribution in [2.45, 2.75) is 6.18 Å². The minimum Gasteiger partial charge on any atom is -0.369 e. The van der Waals surface area contributed by atoms with Crippen LogP contribution in [-0.4, -0.2) is 15.3 Å². The van der Waals surface area contributed by atoms with Crippen LogP contribution in [0.25, 0.3) is 0 Å². The van der Waals surface area contributed by atoms with Crippen LogP contribution in [0.1, 0.15) is 11.3 Å². The molecular weight excluding hydrogens is 291 g/mol. The quantitative estimate of drug-likeness (QED) is 0.556. The van der Waals surface area contributed by atoms with Crippen molar-refractivity contribution in [1.29, 1.82) is 0 Å². The van der Waals surface area contributed by atoms with Crippen LogP contribution in [0, 0.1) is 11.8 Å². The van der Waals surface area contributed by atoms with E-state index in [9.17, 15) is 18.0 Å². The molecule has 0 aliphatic carbocycles. The van der Waals surface area contributed by atoms with Crippen molar-refractivity contribution in [3.63, 3.8) is 0 Å². The lowest BCUT2D eigenvalue weighted by molar-refractivity contribution is -0.141. The van der Waals surface area contributed by atoms with Crippen molar-refractivity contribution in [2.75, 3.05) is 11.1 Å². The highest BCUT2D eigenvalue weighted by Crippen LogP contribution is 2.28. The van der Waals surface area contributed by atoms with Crippen molar-refractivity contribution < 1.29 is 13.2 Å². The monoisotopic (exact) mass is 295 g/mol. The summed E-state index contributed by atoms with van der Waals surface area (Å²) in [5, 5.41) is 0.147. The molecule has 0 atom stereocenters. The van der Waals surface area contributed by atoms with Crippen molar-refractivity contribution in [3.8, 4) is 11.8 Å². The van der Waals surface area contributed by atoms with E-state index in [1.54, 1.807) is 4.98 Å². The van der Waals surface area contributed by atoms with Crippen LogP contribution >= 0.6 is 15.9 Å². The maximum absolute atomic E-state index is 12.5. The van der Waals surface area contributed by atoms with Crippen LogP contribution in [0.4, 0.5) is 19.1 Å². The van der Waals surface area contributed by atoms with Crippen LogP contribution in [-0.2, 0) is 6.18 Å². The third-order valence-corrected chi connectivity index (χ3v) is 1.78. The van der Waals surface area contributed by atoms with Gasteiger partial charge in [0, 0.05) is 0 Å². The van der Waals surface area contributed by atoms with Gasteiger partial charge in [-0.3, -0.25) is 4.79 Å². The van der Waals surface area contributed by atoms with E-state index in [0.717, 1.165) is 0 Å². The summed E-state index contributed by atoms with van der Waals surface area (Å²) in [6.45, 7) is 0. The zero-order valence-corrected chi connectivity index (χ0v) is 9.24. The van der Waals surface area contributed by atoms with E-state index < -0.39 is 28.9 Å². The summed E-state index contributed by atoms with van der Waals surface area (Å²) in [7, 11) is 0. The minimum absolute atomic E-state index is 0.147. The number of anilines is 1. The molecule has 0 fully saturated rings. The third kappa shape index (κ3) is 2.76. The number of hydrogen-bond acceptors (Lipinski definition) is 3. The summed E-state index contributed by atoms with van der Waals surface area (Å²) < 4.78 is 37.5. The Morgan fingerprint density at radius 1 is 1.50 bits per heavy atom. The number of H-pyrrole nitrogens is 1. The number of nitrogens with one attached hydrogen (secondary N) is 1. The molecule has 16 heavy (non-hydrogen) atoms. The molecule has 0 radical (unpaired) electrons. The fourth-order valence-electron chi connectivity index (χ4n) is 0.941. The van der Waals surface area contributed by atoms with Gasteiger partial charge in [-0.2, -0.15) is 18.2 Å². The van der Waals surface area contributed by atoms with Crippen LogP contribution < -0.4 is 11.3 Å². The number of nitrogens with zero attached hydrogens (tertiary/aromatic N) is 1. The molecule has 0 saturated carbocycles. The first-order valence-corrected chi connectivity index (χ1v) is 5.00. The molecule has 3 N–H and O–H groups in total. The number of rotatable bonds is 0. The molecule has 0 unspecified atom stereocenters. The summed E-state index contributed by atoms with van der Waals surface area (Å²) in [5.41, 5.74) is 1.92. The molecule has 1 rings (SSSR count). The summed E-state index contributed by atoms with van der Waals surface area (Å²) in [4.78, 5) is 16.1. The summed E-state index contributed by atoms with van der Waals surface area (Å²) in [6.07, 6.45) is -4.73. The number of aromatic amines is 1. The summed E-state index contributed by atoms with van der Waals surface area (Å²) in [5.74, 6) is 3.79. The number of nitrogens with two attached hydrogens (primary N) is 1. The van der Waals surface area contributed by atoms with Crippen LogP contribution in [0.3, 0.4) is 0 Å². The van der Waals surface area contributed by atoms with Crippen molar-refractivity contribution in [1.82, 2.24) is 9.97 Å². The molecule has 0 saturated heterocycles. The highest BCUT2D eigenvalue weighted by molar-refractivity contribution is 9.09. The number of nitrogen functional groups attached to an aromatic ring is 1. The van der Waals surface area contributed by atoms with Gasteiger partial charge in [0.2, 0.25) is 5.95 Å². The summed E-state index contributed by atoms with van der Waals surface area (Å²) in [6, 6.07) is 0. The lowest BCUT2D eigenvalue weighted by Gasteiger charge is -2.08. The second-order valence-electron chi connectivity index (χ2n) is 2.61. The third-order valence-electron chi connectivity index (χ3n) is 1.50. The SMILES string of the molecule is Nc1nc(=O)c(C#CCBr)c(C(F)(F)F)[nH]1. The molecule has 1 aromatic heterocycles. The topological polar surface area (TPSA) is 71.8 Å². The first kappa shape index (κ1) is 12.6. The van der Waals surface area contributed by atoms with Crippen molar-refractivity contribution in [2.24, 2.45) is 0 Å². The first-order chi connectivity index (χ1) is 7.36.